The first-order valence-electron chi connectivity index (χ1n) is 5.53. The van der Waals surface area contributed by atoms with E-state index >= 15 is 0 Å². The Morgan fingerprint density at radius 2 is 2.00 bits per heavy atom. The summed E-state index contributed by atoms with van der Waals surface area (Å²) in [5, 5.41) is 12.6. The van der Waals surface area contributed by atoms with Crippen molar-refractivity contribution in [3.05, 3.63) is 58.4 Å². The molecule has 0 aliphatic heterocycles. The minimum atomic E-state index is -0.604. The van der Waals surface area contributed by atoms with Crippen molar-refractivity contribution in [2.24, 2.45) is 0 Å². The summed E-state index contributed by atoms with van der Waals surface area (Å²) in [7, 11) is 0. The topological polar surface area (TPSA) is 49.3 Å². The minimum Gasteiger partial charge on any atom is -0.507 e. The Labute approximate surface area is 114 Å². The predicted octanol–water partition coefficient (Wildman–Crippen LogP) is 3.75. The quantitative estimate of drug-likeness (QED) is 0.880. The fraction of sp³-hybridized carbons (Fsp3) is 0.0714. The molecule has 0 spiro atoms. The van der Waals surface area contributed by atoms with Crippen LogP contribution in [-0.4, -0.2) is 11.0 Å². The molecule has 0 radical (unpaired) electrons. The number of amides is 1. The van der Waals surface area contributed by atoms with Crippen molar-refractivity contribution < 1.29 is 14.3 Å². The van der Waals surface area contributed by atoms with Crippen LogP contribution in [-0.2, 0) is 0 Å². The summed E-state index contributed by atoms with van der Waals surface area (Å²) < 4.78 is 12.8. The molecule has 0 saturated heterocycles. The van der Waals surface area contributed by atoms with Gasteiger partial charge in [-0.2, -0.15) is 0 Å². The van der Waals surface area contributed by atoms with Crippen molar-refractivity contribution in [3.8, 4) is 5.75 Å². The van der Waals surface area contributed by atoms with Gasteiger partial charge in [0.05, 0.1) is 5.56 Å². The van der Waals surface area contributed by atoms with E-state index in [1.807, 2.05) is 6.92 Å². The van der Waals surface area contributed by atoms with Gasteiger partial charge in [-0.1, -0.05) is 17.7 Å². The fourth-order valence-corrected chi connectivity index (χ4v) is 1.79. The standard InChI is InChI=1S/C14H11ClFNO2/c1-8-2-3-9(15)6-12(8)17-14(19)11-5-4-10(16)7-13(11)18/h2-7,18H,1H3,(H,17,19). The van der Waals surface area contributed by atoms with E-state index in [0.717, 1.165) is 17.7 Å². The van der Waals surface area contributed by atoms with Crippen LogP contribution < -0.4 is 5.32 Å². The second kappa shape index (κ2) is 5.28. The van der Waals surface area contributed by atoms with Crippen molar-refractivity contribution in [1.29, 1.82) is 0 Å². The zero-order chi connectivity index (χ0) is 14.0. The first-order chi connectivity index (χ1) is 8.97. The van der Waals surface area contributed by atoms with Gasteiger partial charge in [0.15, 0.2) is 0 Å². The Kier molecular flexibility index (Phi) is 3.71. The second-order valence-electron chi connectivity index (χ2n) is 4.07. The highest BCUT2D eigenvalue weighted by atomic mass is 35.5. The Balaban J connectivity index is 2.28. The van der Waals surface area contributed by atoms with Crippen LogP contribution >= 0.6 is 11.6 Å². The van der Waals surface area contributed by atoms with E-state index < -0.39 is 17.5 Å². The lowest BCUT2D eigenvalue weighted by Gasteiger charge is -2.09. The van der Waals surface area contributed by atoms with E-state index in [1.165, 1.54) is 6.07 Å². The number of aromatic hydroxyl groups is 1. The zero-order valence-electron chi connectivity index (χ0n) is 10.1. The number of rotatable bonds is 2. The number of phenols is 1. The molecule has 2 aromatic carbocycles. The molecular formula is C14H11ClFNO2. The van der Waals surface area contributed by atoms with E-state index in [0.29, 0.717) is 10.7 Å². The van der Waals surface area contributed by atoms with Crippen LogP contribution in [0.1, 0.15) is 15.9 Å². The number of nitrogens with one attached hydrogen (secondary N) is 1. The Morgan fingerprint density at radius 1 is 1.26 bits per heavy atom. The highest BCUT2D eigenvalue weighted by Gasteiger charge is 2.13. The molecule has 5 heteroatoms. The van der Waals surface area contributed by atoms with Gasteiger partial charge >= 0.3 is 0 Å². The van der Waals surface area contributed by atoms with Crippen LogP contribution in [0, 0.1) is 12.7 Å². The number of halogens is 2. The Bertz CT molecular complexity index is 643. The molecule has 0 heterocycles. The summed E-state index contributed by atoms with van der Waals surface area (Å²) in [6.45, 7) is 1.82. The predicted molar refractivity (Wildman–Crippen MR) is 72.2 cm³/mol. The van der Waals surface area contributed by atoms with E-state index in [-0.39, 0.29) is 5.56 Å². The van der Waals surface area contributed by atoms with E-state index in [2.05, 4.69) is 5.32 Å². The number of phenolic OH excluding ortho intramolecular Hbond substituents is 1. The Hall–Kier alpha value is -2.07. The number of anilines is 1. The summed E-state index contributed by atoms with van der Waals surface area (Å²) >= 11 is 5.85. The summed E-state index contributed by atoms with van der Waals surface area (Å²) in [5.74, 6) is -1.53. The molecule has 0 bridgehead atoms. The second-order valence-corrected chi connectivity index (χ2v) is 4.51. The molecule has 3 nitrogen and oxygen atoms in total. The summed E-state index contributed by atoms with van der Waals surface area (Å²) in [6, 6.07) is 8.30. The zero-order valence-corrected chi connectivity index (χ0v) is 10.8. The maximum atomic E-state index is 12.8. The highest BCUT2D eigenvalue weighted by molar-refractivity contribution is 6.31. The molecule has 0 atom stereocenters. The minimum absolute atomic E-state index is 0.000718. The summed E-state index contributed by atoms with van der Waals surface area (Å²) in [5.41, 5.74) is 1.38. The molecule has 0 saturated carbocycles. The van der Waals surface area contributed by atoms with Gasteiger partial charge in [0.2, 0.25) is 0 Å². The molecule has 19 heavy (non-hydrogen) atoms. The molecular weight excluding hydrogens is 269 g/mol. The van der Waals surface area contributed by atoms with Crippen molar-refractivity contribution in [2.75, 3.05) is 5.32 Å². The fourth-order valence-electron chi connectivity index (χ4n) is 1.62. The molecule has 0 fully saturated rings. The molecule has 2 rings (SSSR count). The third kappa shape index (κ3) is 3.03. The van der Waals surface area contributed by atoms with Gasteiger partial charge in [-0.05, 0) is 36.8 Å². The first-order valence-corrected chi connectivity index (χ1v) is 5.91. The molecule has 0 aliphatic rings. The summed E-state index contributed by atoms with van der Waals surface area (Å²) in [6.07, 6.45) is 0. The third-order valence-corrected chi connectivity index (χ3v) is 2.89. The number of hydrogen-bond acceptors (Lipinski definition) is 2. The number of hydrogen-bond donors (Lipinski definition) is 2. The average Bonchev–Trinajstić information content (AvgIpc) is 2.33. The van der Waals surface area contributed by atoms with Crippen LogP contribution in [0.5, 0.6) is 5.75 Å². The summed E-state index contributed by atoms with van der Waals surface area (Å²) in [4.78, 5) is 12.0. The van der Waals surface area contributed by atoms with E-state index in [4.69, 9.17) is 11.6 Å². The normalized spacial score (nSPS) is 10.3. The van der Waals surface area contributed by atoms with Crippen molar-refractivity contribution >= 4 is 23.2 Å². The highest BCUT2D eigenvalue weighted by Crippen LogP contribution is 2.23. The lowest BCUT2D eigenvalue weighted by molar-refractivity contribution is 0.102. The number of aryl methyl sites for hydroxylation is 1. The van der Waals surface area contributed by atoms with Gasteiger partial charge in [-0.25, -0.2) is 4.39 Å². The van der Waals surface area contributed by atoms with Gasteiger partial charge in [0, 0.05) is 16.8 Å². The van der Waals surface area contributed by atoms with Gasteiger partial charge < -0.3 is 10.4 Å². The largest absolute Gasteiger partial charge is 0.507 e. The molecule has 1 amide bonds. The third-order valence-electron chi connectivity index (χ3n) is 2.65. The molecule has 98 valence electrons. The SMILES string of the molecule is Cc1ccc(Cl)cc1NC(=O)c1ccc(F)cc1O. The maximum absolute atomic E-state index is 12.8. The van der Waals surface area contributed by atoms with Gasteiger partial charge in [0.1, 0.15) is 11.6 Å². The van der Waals surface area contributed by atoms with Crippen molar-refractivity contribution in [2.45, 2.75) is 6.92 Å². The van der Waals surface area contributed by atoms with Crippen molar-refractivity contribution in [1.82, 2.24) is 0 Å². The molecule has 2 N–H and O–H groups in total. The number of carbonyl (C=O) groups excluding carboxylic acids is 1. The van der Waals surface area contributed by atoms with Crippen LogP contribution in [0.2, 0.25) is 5.02 Å². The smallest absolute Gasteiger partial charge is 0.259 e. The van der Waals surface area contributed by atoms with Crippen LogP contribution in [0.25, 0.3) is 0 Å². The van der Waals surface area contributed by atoms with E-state index in [1.54, 1.807) is 18.2 Å². The lowest BCUT2D eigenvalue weighted by atomic mass is 10.1. The van der Waals surface area contributed by atoms with E-state index in [9.17, 15) is 14.3 Å². The van der Waals surface area contributed by atoms with Crippen molar-refractivity contribution in [3.63, 3.8) is 0 Å². The van der Waals surface area contributed by atoms with Gasteiger partial charge in [-0.3, -0.25) is 4.79 Å². The van der Waals surface area contributed by atoms with Crippen LogP contribution in [0.15, 0.2) is 36.4 Å². The first kappa shape index (κ1) is 13.4. The average molecular weight is 280 g/mol. The Morgan fingerprint density at radius 3 is 2.68 bits per heavy atom. The van der Waals surface area contributed by atoms with Crippen LogP contribution in [0.3, 0.4) is 0 Å². The number of benzene rings is 2. The molecule has 0 unspecified atom stereocenters. The van der Waals surface area contributed by atoms with Gasteiger partial charge in [-0.15, -0.1) is 0 Å². The van der Waals surface area contributed by atoms with Gasteiger partial charge in [0.25, 0.3) is 5.91 Å². The monoisotopic (exact) mass is 279 g/mol. The molecule has 2 aromatic rings. The molecule has 0 aliphatic carbocycles. The maximum Gasteiger partial charge on any atom is 0.259 e. The van der Waals surface area contributed by atoms with Crippen LogP contribution in [0.4, 0.5) is 10.1 Å². The lowest BCUT2D eigenvalue weighted by Crippen LogP contribution is -2.13. The molecule has 0 aromatic heterocycles. The number of carbonyl (C=O) groups is 1.